The molecule has 0 aliphatic heterocycles. The molecule has 0 bridgehead atoms. The van der Waals surface area contributed by atoms with Gasteiger partial charge in [-0.1, -0.05) is 91.3 Å². The minimum Gasteiger partial charge on any atom is -1.00 e. The number of anilines is 2. The number of hydrogen-bond donors (Lipinski definition) is 7. The first-order valence-corrected chi connectivity index (χ1v) is 50.7. The summed E-state index contributed by atoms with van der Waals surface area (Å²) in [4.78, 5) is 194. The normalized spacial score (nSPS) is 12.0. The number of nitrogens with zero attached hydrogens (tertiary/aromatic N) is 13. The van der Waals surface area contributed by atoms with Gasteiger partial charge < -0.3 is 68.2 Å². The number of benzene rings is 3. The predicted molar refractivity (Wildman–Crippen MR) is 584 cm³/mol. The first-order chi connectivity index (χ1) is 69.0. The third-order valence-electron chi connectivity index (χ3n) is 20.9. The topological polar surface area (TPSA) is 582 Å². The Labute approximate surface area is 988 Å². The number of carbonyl (C=O) groups excluding carboxylic acids is 6. The molecule has 40 nitrogen and oxygen atoms in total. The van der Waals surface area contributed by atoms with Crippen LogP contribution in [0.5, 0.6) is 0 Å². The van der Waals surface area contributed by atoms with Gasteiger partial charge in [-0.25, -0.2) is 52.1 Å². The molecule has 1 amide bonds. The van der Waals surface area contributed by atoms with Crippen molar-refractivity contribution in [3.63, 3.8) is 0 Å². The van der Waals surface area contributed by atoms with Crippen molar-refractivity contribution in [2.24, 2.45) is 5.73 Å². The number of alkyl halides is 2. The van der Waals surface area contributed by atoms with E-state index in [1.165, 1.54) is 140 Å². The number of esters is 4. The van der Waals surface area contributed by atoms with Crippen LogP contribution >= 0.6 is 85.5 Å². The SMILES string of the molecule is CC[C@@H](C(=O)O)n1c(=O)c2ccncc2n(Cc2nsc3cc(C)cc(C)c23)c1=O.CC[C@@H](C(=O)OC(C)(C)C)n1c(=O)[nH]c2cnccc2c1=O.CC[C@@H](C(=O)OC(C)(C)C)n1c(=O)c2ccncc2n(Cc2nsc3cc(C)cc(C)c23)c1=O.CC[C@H](N)C(=O)OC(C)(C)C.CC[C@H](NC(=O)c1ccncc1N)C(=O)OC(C)(C)C.Cc1cc(C)c2c(CBr)nsc2c1.Cl.Nc1cnccc1C(=O)O.O=CO[O-].[2H]CI.[H-].[K+].[K+]. The van der Waals surface area contributed by atoms with Crippen LogP contribution in [0.1, 0.15) is 242 Å². The van der Waals surface area contributed by atoms with E-state index < -0.39 is 122 Å². The Bertz CT molecular complexity index is 7450. The van der Waals surface area contributed by atoms with Crippen molar-refractivity contribution in [1.29, 1.82) is 0 Å². The largest absolute Gasteiger partial charge is 1.00 e. The number of nitrogens with two attached hydrogens (primary N) is 3. The van der Waals surface area contributed by atoms with E-state index in [1.807, 2.05) is 84.0 Å². The van der Waals surface area contributed by atoms with Gasteiger partial charge in [-0.3, -0.25) is 62.8 Å². The third kappa shape index (κ3) is 37.4. The summed E-state index contributed by atoms with van der Waals surface area (Å²) in [5.74, 6) is -4.65. The fraction of sp³-hybridized carbons (Fsp3) is 0.406. The number of carbonyl (C=O) groups is 8. The van der Waals surface area contributed by atoms with Crippen molar-refractivity contribution < 1.29 is 183 Å². The number of amides is 1. The summed E-state index contributed by atoms with van der Waals surface area (Å²) in [6, 6.07) is 15.7. The quantitative estimate of drug-likeness (QED) is 0.00485. The van der Waals surface area contributed by atoms with Crippen LogP contribution in [0.4, 0.5) is 11.4 Å². The monoisotopic (exact) mass is 2360 g/mol. The molecule has 0 fully saturated rings. The van der Waals surface area contributed by atoms with E-state index in [0.717, 1.165) is 72.8 Å². The van der Waals surface area contributed by atoms with Gasteiger partial charge in [0.15, 0.2) is 0 Å². The molecule has 11 heterocycles. The molecular formula is C101H127BrClIK2N18O22S3. The van der Waals surface area contributed by atoms with Gasteiger partial charge in [-0.15, -0.1) is 12.4 Å². The standard InChI is InChI=1S/C25H28N4O4S.C21H20N4O4S.C15H19N3O4.C14H21N3O3.C10H10BrNS.C8H17NO2.C6H6N2O2.CH3I.CH2O3.ClH.2K.H/c1-7-18(23(31)33-25(4,5)6)29-22(30)16-8-9-26-12-19(16)28(24(29)32)13-17-21-15(3)10-14(2)11-20(21)34-27-17;1-4-15(20(27)28)25-19(26)13-5-6-22-9-16(13)24(21(25)29)10-14-18-12(3)7-11(2)8-17(18)30-23-14;1-5-11(13(20)22-15(2,3)4)18-12(19)9-6-7-16-8-10(9)17-14(18)21;1-5-11(13(19)20-14(2,3)4)17-12(18)9-6-7-16-8-10(9)15;1-6-3-7(2)10-8(5-11)12-13-9(10)4-6;1-5-6(9)7(10)11-8(2,3)4;7-5-3-8-2-1-4(5)6(9)10;1-2;2-1-4-3;;;;/h8-12,18H,7,13H2,1-6H3;5-9,15H,4,10H2,1-3H3,(H,27,28);6-8,11H,5H2,1-4H3,(H,17,21);6-8,11H,5,15H2,1-4H3,(H,17,18);3-4H,5H2,1-2H3;6H,5,9H2,1-4H3;1-3H,7H2,(H,9,10);1H3;1,3H;1H;;;/q;;;;;;;;;;2*+1;-1/p-1/t18-;15-;2*11-;;6-;;;;;;;/m0000.0......./s1/i;;;;;;;1D;;;;;. The Hall–Kier alpha value is -10.0. The number of carboxylic acids is 2. The number of aromatic nitrogens is 14. The molecular weight excluding hydrogens is 2230 g/mol. The molecule has 48 heteroatoms. The van der Waals surface area contributed by atoms with Crippen molar-refractivity contribution in [2.75, 3.05) is 16.4 Å². The Morgan fingerprint density at radius 1 is 0.510 bits per heavy atom. The molecule has 0 unspecified atom stereocenters. The van der Waals surface area contributed by atoms with Gasteiger partial charge in [-0.2, -0.15) is 13.1 Å². The van der Waals surface area contributed by atoms with E-state index >= 15 is 0 Å². The van der Waals surface area contributed by atoms with E-state index in [4.69, 9.17) is 52.7 Å². The number of aromatic amines is 1. The first-order valence-electron chi connectivity index (χ1n) is 46.5. The van der Waals surface area contributed by atoms with Crippen molar-refractivity contribution in [3.05, 3.63) is 253 Å². The zero-order valence-corrected chi connectivity index (χ0v) is 101. The van der Waals surface area contributed by atoms with Crippen LogP contribution in [-0.4, -0.2) is 164 Å². The number of fused-ring (bicyclic) bond motifs is 6. The first kappa shape index (κ1) is 131. The van der Waals surface area contributed by atoms with E-state index in [-0.39, 0.29) is 184 Å². The number of pyridine rings is 5. The summed E-state index contributed by atoms with van der Waals surface area (Å²) in [7, 11) is 0. The maximum Gasteiger partial charge on any atom is 1.00 e. The van der Waals surface area contributed by atoms with Gasteiger partial charge >= 0.3 is 156 Å². The van der Waals surface area contributed by atoms with E-state index in [0.29, 0.717) is 56.3 Å². The average Bonchev–Trinajstić information content (AvgIpc) is 1.72. The number of nitrogen functional groups attached to an aromatic ring is 2. The summed E-state index contributed by atoms with van der Waals surface area (Å²) in [6.07, 6.45) is 16.0. The van der Waals surface area contributed by atoms with Gasteiger partial charge in [0.05, 0.1) is 130 Å². The zero-order chi connectivity index (χ0) is 110. The van der Waals surface area contributed by atoms with Crippen molar-refractivity contribution >= 4 is 208 Å². The van der Waals surface area contributed by atoms with Crippen LogP contribution in [0.15, 0.2) is 157 Å². The number of halogens is 3. The second kappa shape index (κ2) is 61.0. The maximum absolute atomic E-state index is 13.7. The van der Waals surface area contributed by atoms with Gasteiger partial charge in [0.2, 0.25) is 0 Å². The van der Waals surface area contributed by atoms with Crippen LogP contribution in [0, 0.1) is 41.5 Å². The van der Waals surface area contributed by atoms with Crippen LogP contribution in [0.2, 0.25) is 0 Å². The van der Waals surface area contributed by atoms with E-state index in [1.54, 1.807) is 108 Å². The molecule has 0 aliphatic carbocycles. The molecule has 11 aromatic heterocycles. The number of aromatic carboxylic acids is 1. The van der Waals surface area contributed by atoms with Gasteiger partial charge in [0.1, 0.15) is 52.6 Å². The second-order valence-electron chi connectivity index (χ2n) is 36.9. The number of hydrogen-bond acceptors (Lipinski definition) is 34. The zero-order valence-electron chi connectivity index (χ0n) is 89.9. The summed E-state index contributed by atoms with van der Waals surface area (Å²) in [5, 5.41) is 34.1. The Morgan fingerprint density at radius 3 is 1.19 bits per heavy atom. The van der Waals surface area contributed by atoms with Crippen molar-refractivity contribution in [1.82, 2.24) is 71.2 Å². The Morgan fingerprint density at radius 2 is 0.846 bits per heavy atom. The van der Waals surface area contributed by atoms with Crippen LogP contribution in [0.3, 0.4) is 0 Å². The summed E-state index contributed by atoms with van der Waals surface area (Å²) in [6.45, 7) is 42.4. The molecule has 0 saturated heterocycles. The average molecular weight is 2360 g/mol. The van der Waals surface area contributed by atoms with Gasteiger partial charge in [0.25, 0.3) is 29.1 Å². The number of aliphatic carboxylic acids is 1. The van der Waals surface area contributed by atoms with E-state index in [2.05, 4.69) is 113 Å². The Kier molecular flexibility index (Phi) is 53.7. The minimum absolute atomic E-state index is 0. The smallest absolute Gasteiger partial charge is 1.00 e. The summed E-state index contributed by atoms with van der Waals surface area (Å²) >= 11 is 9.73. The number of H-pyrrole nitrogens is 1. The second-order valence-corrected chi connectivity index (χ2v) is 39.9. The van der Waals surface area contributed by atoms with Crippen molar-refractivity contribution in [3.8, 4) is 0 Å². The number of rotatable bonds is 22. The van der Waals surface area contributed by atoms with Crippen molar-refractivity contribution in [2.45, 2.75) is 262 Å². The predicted octanol–water partition coefficient (Wildman–Crippen LogP) is 9.15. The van der Waals surface area contributed by atoms with Crippen LogP contribution in [0.25, 0.3) is 63.0 Å². The number of aryl methyl sites for hydroxylation is 6. The number of nitrogens with one attached hydrogen (secondary N) is 2. The van der Waals surface area contributed by atoms with Gasteiger partial charge in [-0.05, 0) is 278 Å². The molecule has 0 spiro atoms. The molecule has 0 radical (unpaired) electrons. The van der Waals surface area contributed by atoms with Gasteiger partial charge in [0, 0.05) is 53.8 Å². The molecule has 0 aliphatic rings. The molecule has 14 aromatic rings. The number of carboxylic acid groups (broad SMARTS) is 2. The minimum atomic E-state index is -1.25. The molecule has 0 saturated carbocycles. The molecule has 10 N–H and O–H groups in total. The fourth-order valence-corrected chi connectivity index (χ4v) is 18.1. The fourth-order valence-electron chi connectivity index (χ4n) is 14.7. The van der Waals surface area contributed by atoms with Crippen LogP contribution < -0.4 is 164 Å². The summed E-state index contributed by atoms with van der Waals surface area (Å²) in [5.41, 5.74) is 21.9. The molecule has 149 heavy (non-hydrogen) atoms. The number of ether oxygens (including phenoxy) is 4. The molecule has 3 aromatic carbocycles. The maximum atomic E-state index is 13.7. The van der Waals surface area contributed by atoms with E-state index in [9.17, 15) is 67.4 Å². The Balaban J connectivity index is 0.000000607. The molecule has 14 rings (SSSR count). The molecule has 5 atom stereocenters. The third-order valence-corrected chi connectivity index (χ3v) is 23.9. The molecule has 794 valence electrons. The van der Waals surface area contributed by atoms with Crippen LogP contribution in [-0.2, 0) is 71.0 Å². The summed E-state index contributed by atoms with van der Waals surface area (Å²) < 4.78 is 49.9.